The second kappa shape index (κ2) is 4.58. The average Bonchev–Trinajstić information content (AvgIpc) is 2.15. The van der Waals surface area contributed by atoms with E-state index in [9.17, 15) is 13.2 Å². The molecule has 0 radical (unpaired) electrons. The summed E-state index contributed by atoms with van der Waals surface area (Å²) in [6.45, 7) is 0. The van der Waals surface area contributed by atoms with Crippen molar-refractivity contribution in [2.75, 3.05) is 7.11 Å². The number of methoxy groups -OCH3 is 1. The third-order valence-corrected chi connectivity index (χ3v) is 2.17. The largest absolute Gasteiger partial charge is 0.493 e. The summed E-state index contributed by atoms with van der Waals surface area (Å²) in [5, 5.41) is 8.69. The molecule has 0 saturated carbocycles. The zero-order valence-electron chi connectivity index (χ0n) is 8.01. The lowest BCUT2D eigenvalue weighted by Gasteiger charge is -2.07. The van der Waals surface area contributed by atoms with Crippen LogP contribution in [-0.4, -0.2) is 26.6 Å². The molecule has 1 aromatic rings. The number of carboxylic acid groups (broad SMARTS) is 1. The molecule has 0 aliphatic rings. The summed E-state index contributed by atoms with van der Waals surface area (Å²) in [5.41, 5.74) is -0.142. The highest BCUT2D eigenvalue weighted by Crippen LogP contribution is 2.29. The molecular weight excluding hydrogens is 260 g/mol. The zero-order chi connectivity index (χ0) is 12.3. The van der Waals surface area contributed by atoms with Gasteiger partial charge in [-0.15, -0.1) is 0 Å². The number of hydrogen-bond acceptors (Lipinski definition) is 5. The third kappa shape index (κ3) is 3.28. The molecule has 6 nitrogen and oxygen atoms in total. The summed E-state index contributed by atoms with van der Waals surface area (Å²) in [4.78, 5) is 10.6. The minimum absolute atomic E-state index is 0.0641. The lowest BCUT2D eigenvalue weighted by atomic mass is 10.2. The van der Waals surface area contributed by atoms with E-state index in [0.717, 1.165) is 6.07 Å². The van der Waals surface area contributed by atoms with Gasteiger partial charge in [-0.3, -0.25) is 0 Å². The number of aromatic carboxylic acids is 1. The molecule has 0 unspecified atom stereocenters. The second-order valence-electron chi connectivity index (χ2n) is 2.65. The molecule has 8 heteroatoms. The molecular formula is C8H7ClO6S. The number of carboxylic acids is 1. The van der Waals surface area contributed by atoms with Gasteiger partial charge in [0.1, 0.15) is 0 Å². The van der Waals surface area contributed by atoms with Crippen LogP contribution in [0, 0.1) is 0 Å². The normalized spacial score (nSPS) is 10.9. The molecule has 0 spiro atoms. The Hall–Kier alpha value is -1.47. The fourth-order valence-corrected chi connectivity index (χ4v) is 1.53. The van der Waals surface area contributed by atoms with Gasteiger partial charge in [0, 0.05) is 6.07 Å². The van der Waals surface area contributed by atoms with E-state index in [0.29, 0.717) is 0 Å². The molecule has 16 heavy (non-hydrogen) atoms. The minimum atomic E-state index is -4.25. The van der Waals surface area contributed by atoms with Gasteiger partial charge in [-0.25, -0.2) is 4.79 Å². The molecule has 0 aliphatic heterocycles. The number of rotatable bonds is 4. The summed E-state index contributed by atoms with van der Waals surface area (Å²) in [5.74, 6) is -1.44. The summed E-state index contributed by atoms with van der Waals surface area (Å²) in [6.07, 6.45) is 0. The van der Waals surface area contributed by atoms with E-state index in [4.69, 9.17) is 20.5 Å². The molecule has 1 aromatic carbocycles. The van der Waals surface area contributed by atoms with Crippen molar-refractivity contribution in [3.8, 4) is 11.5 Å². The van der Waals surface area contributed by atoms with Crippen LogP contribution < -0.4 is 8.92 Å². The van der Waals surface area contributed by atoms with Gasteiger partial charge in [0.15, 0.2) is 11.5 Å². The van der Waals surface area contributed by atoms with Gasteiger partial charge in [0.05, 0.1) is 23.4 Å². The van der Waals surface area contributed by atoms with Crippen LogP contribution in [0.15, 0.2) is 18.2 Å². The second-order valence-corrected chi connectivity index (χ2v) is 4.73. The van der Waals surface area contributed by atoms with E-state index in [-0.39, 0.29) is 17.1 Å². The van der Waals surface area contributed by atoms with Gasteiger partial charge < -0.3 is 14.0 Å². The average molecular weight is 267 g/mol. The lowest BCUT2D eigenvalue weighted by molar-refractivity contribution is 0.0696. The maximum absolute atomic E-state index is 10.7. The van der Waals surface area contributed by atoms with Gasteiger partial charge >= 0.3 is 15.3 Å². The number of ether oxygens (including phenoxy) is 1. The Morgan fingerprint density at radius 2 is 2.00 bits per heavy atom. The Bertz CT molecular complexity index is 509. The van der Waals surface area contributed by atoms with Crippen LogP contribution >= 0.6 is 10.7 Å². The van der Waals surface area contributed by atoms with Crippen LogP contribution in [0.1, 0.15) is 10.4 Å². The van der Waals surface area contributed by atoms with Crippen molar-refractivity contribution in [3.05, 3.63) is 23.8 Å². The van der Waals surface area contributed by atoms with Gasteiger partial charge in [-0.2, -0.15) is 8.42 Å². The molecule has 0 amide bonds. The first-order valence-corrected chi connectivity index (χ1v) is 6.12. The SMILES string of the molecule is COc1ccc(C(=O)O)cc1OS(=O)(=O)Cl. The molecule has 0 heterocycles. The molecule has 88 valence electrons. The standard InChI is InChI=1S/C8H7ClO6S/c1-14-6-3-2-5(8(10)11)4-7(6)15-16(9,12)13/h2-4H,1H3,(H,10,11). The Kier molecular flexibility index (Phi) is 3.61. The Morgan fingerprint density at radius 3 is 2.44 bits per heavy atom. The predicted molar refractivity (Wildman–Crippen MR) is 55.4 cm³/mol. The number of halogens is 1. The van der Waals surface area contributed by atoms with Gasteiger partial charge in [-0.1, -0.05) is 0 Å². The molecule has 0 atom stereocenters. The van der Waals surface area contributed by atoms with Crippen molar-refractivity contribution in [1.29, 1.82) is 0 Å². The fourth-order valence-electron chi connectivity index (χ4n) is 0.982. The smallest absolute Gasteiger partial charge is 0.401 e. The quantitative estimate of drug-likeness (QED) is 0.825. The highest BCUT2D eigenvalue weighted by Gasteiger charge is 2.15. The third-order valence-electron chi connectivity index (χ3n) is 1.60. The van der Waals surface area contributed by atoms with Crippen LogP contribution in [0.2, 0.25) is 0 Å². The molecule has 0 saturated heterocycles. The zero-order valence-corrected chi connectivity index (χ0v) is 9.58. The Labute approximate surface area is 96.0 Å². The van der Waals surface area contributed by atoms with Crippen LogP contribution in [0.4, 0.5) is 0 Å². The van der Waals surface area contributed by atoms with Crippen molar-refractivity contribution in [3.63, 3.8) is 0 Å². The minimum Gasteiger partial charge on any atom is -0.493 e. The molecule has 1 N–H and O–H groups in total. The Morgan fingerprint density at radius 1 is 1.38 bits per heavy atom. The summed E-state index contributed by atoms with van der Waals surface area (Å²) in [7, 11) is 1.90. The van der Waals surface area contributed by atoms with Crippen molar-refractivity contribution in [2.45, 2.75) is 0 Å². The maximum atomic E-state index is 10.7. The molecule has 0 aliphatic carbocycles. The van der Waals surface area contributed by atoms with Gasteiger partial charge in [0.25, 0.3) is 0 Å². The lowest BCUT2D eigenvalue weighted by Crippen LogP contribution is -2.04. The van der Waals surface area contributed by atoms with Crippen LogP contribution in [-0.2, 0) is 9.33 Å². The number of hydrogen-bond donors (Lipinski definition) is 1. The maximum Gasteiger partial charge on any atom is 0.401 e. The first-order valence-electron chi connectivity index (χ1n) is 3.89. The van der Waals surface area contributed by atoms with E-state index >= 15 is 0 Å². The van der Waals surface area contributed by atoms with Crippen molar-refractivity contribution >= 4 is 26.0 Å². The Balaban J connectivity index is 3.22. The van der Waals surface area contributed by atoms with E-state index < -0.39 is 15.3 Å². The van der Waals surface area contributed by atoms with Crippen molar-refractivity contribution < 1.29 is 27.2 Å². The van der Waals surface area contributed by atoms with Gasteiger partial charge in [-0.05, 0) is 12.1 Å². The van der Waals surface area contributed by atoms with E-state index in [1.807, 2.05) is 0 Å². The first kappa shape index (κ1) is 12.6. The molecule has 0 bridgehead atoms. The first-order chi connectivity index (χ1) is 7.33. The number of carbonyl (C=O) groups is 1. The van der Waals surface area contributed by atoms with Crippen LogP contribution in [0.25, 0.3) is 0 Å². The van der Waals surface area contributed by atoms with Crippen molar-refractivity contribution in [1.82, 2.24) is 0 Å². The molecule has 1 rings (SSSR count). The van der Waals surface area contributed by atoms with Gasteiger partial charge in [0.2, 0.25) is 0 Å². The van der Waals surface area contributed by atoms with E-state index in [1.54, 1.807) is 0 Å². The highest BCUT2D eigenvalue weighted by molar-refractivity contribution is 8.10. The summed E-state index contributed by atoms with van der Waals surface area (Å²) < 4.78 is 30.5. The summed E-state index contributed by atoms with van der Waals surface area (Å²) >= 11 is 0. The highest BCUT2D eigenvalue weighted by atomic mass is 35.7. The topological polar surface area (TPSA) is 89.9 Å². The number of benzene rings is 1. The fraction of sp³-hybridized carbons (Fsp3) is 0.125. The van der Waals surface area contributed by atoms with E-state index in [1.165, 1.54) is 19.2 Å². The van der Waals surface area contributed by atoms with Crippen LogP contribution in [0.5, 0.6) is 11.5 Å². The molecule has 0 aromatic heterocycles. The predicted octanol–water partition coefficient (Wildman–Crippen LogP) is 1.26. The van der Waals surface area contributed by atoms with E-state index in [2.05, 4.69) is 4.18 Å². The molecule has 0 fully saturated rings. The monoisotopic (exact) mass is 266 g/mol. The summed E-state index contributed by atoms with van der Waals surface area (Å²) in [6, 6.07) is 3.51. The van der Waals surface area contributed by atoms with Crippen molar-refractivity contribution in [2.24, 2.45) is 0 Å². The van der Waals surface area contributed by atoms with Crippen LogP contribution in [0.3, 0.4) is 0 Å².